The first-order valence-corrected chi connectivity index (χ1v) is 7.99. The normalized spacial score (nSPS) is 23.1. The third-order valence-electron chi connectivity index (χ3n) is 5.11. The molecule has 0 aromatic heterocycles. The van der Waals surface area contributed by atoms with Crippen molar-refractivity contribution in [3.63, 3.8) is 0 Å². The maximum atomic E-state index is 6.08. The fourth-order valence-electron chi connectivity index (χ4n) is 3.69. The second kappa shape index (κ2) is 5.65. The molecule has 1 saturated heterocycles. The van der Waals surface area contributed by atoms with Crippen molar-refractivity contribution < 1.29 is 0 Å². The molecule has 3 heteroatoms. The summed E-state index contributed by atoms with van der Waals surface area (Å²) in [5.41, 5.74) is 11.1. The average molecular weight is 273 g/mol. The van der Waals surface area contributed by atoms with Crippen molar-refractivity contribution in [1.29, 1.82) is 0 Å². The molecular formula is C17H27N3. The Kier molecular flexibility index (Phi) is 3.88. The Bertz CT molecular complexity index is 483. The number of rotatable bonds is 3. The molecular weight excluding hydrogens is 246 g/mol. The smallest absolute Gasteiger partial charge is 0.0420 e. The van der Waals surface area contributed by atoms with Gasteiger partial charge >= 0.3 is 0 Å². The Balaban J connectivity index is 1.64. The number of nitrogens with two attached hydrogens (primary N) is 1. The number of nitrogen functional groups attached to an aromatic ring is 1. The minimum Gasteiger partial charge on any atom is -0.398 e. The molecule has 0 saturated carbocycles. The Labute approximate surface area is 122 Å². The van der Waals surface area contributed by atoms with Crippen LogP contribution in [0, 0.1) is 6.92 Å². The summed E-state index contributed by atoms with van der Waals surface area (Å²) in [4.78, 5) is 5.08. The highest BCUT2D eigenvalue weighted by atomic mass is 15.2. The molecule has 20 heavy (non-hydrogen) atoms. The van der Waals surface area contributed by atoms with E-state index in [-0.39, 0.29) is 0 Å². The van der Waals surface area contributed by atoms with Gasteiger partial charge in [-0.05, 0) is 63.4 Å². The molecule has 3 rings (SSSR count). The molecule has 3 nitrogen and oxygen atoms in total. The number of nitrogens with zero attached hydrogens (tertiary/aromatic N) is 2. The molecule has 1 atom stereocenters. The Morgan fingerprint density at radius 1 is 1.25 bits per heavy atom. The highest BCUT2D eigenvalue weighted by Crippen LogP contribution is 2.32. The van der Waals surface area contributed by atoms with Gasteiger partial charge in [0.1, 0.15) is 0 Å². The van der Waals surface area contributed by atoms with Gasteiger partial charge in [0.2, 0.25) is 0 Å². The van der Waals surface area contributed by atoms with Crippen LogP contribution in [0.1, 0.15) is 36.8 Å². The zero-order valence-corrected chi connectivity index (χ0v) is 12.9. The van der Waals surface area contributed by atoms with Gasteiger partial charge in [-0.25, -0.2) is 0 Å². The molecule has 2 heterocycles. The van der Waals surface area contributed by atoms with E-state index >= 15 is 0 Å². The molecule has 1 aromatic carbocycles. The number of hydrogen-bond donors (Lipinski definition) is 1. The van der Waals surface area contributed by atoms with E-state index < -0.39 is 0 Å². The molecule has 2 aliphatic heterocycles. The number of benzene rings is 1. The van der Waals surface area contributed by atoms with E-state index in [1.54, 1.807) is 0 Å². The fraction of sp³-hybridized carbons (Fsp3) is 0.647. The minimum atomic E-state index is 0.774. The molecule has 1 aromatic rings. The van der Waals surface area contributed by atoms with E-state index in [9.17, 15) is 0 Å². The summed E-state index contributed by atoms with van der Waals surface area (Å²) in [5.74, 6) is 0. The average Bonchev–Trinajstić information content (AvgIpc) is 2.81. The molecule has 1 unspecified atom stereocenters. The van der Waals surface area contributed by atoms with Gasteiger partial charge in [0, 0.05) is 30.5 Å². The van der Waals surface area contributed by atoms with Crippen LogP contribution in [0.25, 0.3) is 0 Å². The van der Waals surface area contributed by atoms with Gasteiger partial charge in [0.05, 0.1) is 0 Å². The van der Waals surface area contributed by atoms with Gasteiger partial charge in [0.15, 0.2) is 0 Å². The van der Waals surface area contributed by atoms with Crippen LogP contribution in [0.4, 0.5) is 11.4 Å². The zero-order chi connectivity index (χ0) is 14.1. The van der Waals surface area contributed by atoms with E-state index in [1.165, 1.54) is 62.0 Å². The van der Waals surface area contributed by atoms with Crippen molar-refractivity contribution >= 4 is 11.4 Å². The largest absolute Gasteiger partial charge is 0.398 e. The van der Waals surface area contributed by atoms with Crippen LogP contribution in [0.5, 0.6) is 0 Å². The van der Waals surface area contributed by atoms with Crippen molar-refractivity contribution in [2.24, 2.45) is 0 Å². The van der Waals surface area contributed by atoms with Crippen LogP contribution in [0.2, 0.25) is 0 Å². The van der Waals surface area contributed by atoms with Gasteiger partial charge in [-0.3, -0.25) is 0 Å². The summed E-state index contributed by atoms with van der Waals surface area (Å²) in [5, 5.41) is 0. The summed E-state index contributed by atoms with van der Waals surface area (Å²) < 4.78 is 0. The molecule has 0 spiro atoms. The molecule has 0 radical (unpaired) electrons. The van der Waals surface area contributed by atoms with Crippen molar-refractivity contribution in [2.75, 3.05) is 37.3 Å². The predicted molar refractivity (Wildman–Crippen MR) is 86.4 cm³/mol. The molecule has 1 fully saturated rings. The predicted octanol–water partition coefficient (Wildman–Crippen LogP) is 2.81. The second-order valence-corrected chi connectivity index (χ2v) is 6.49. The van der Waals surface area contributed by atoms with Gasteiger partial charge in [-0.15, -0.1) is 0 Å². The van der Waals surface area contributed by atoms with Gasteiger partial charge in [0.25, 0.3) is 0 Å². The van der Waals surface area contributed by atoms with Crippen LogP contribution < -0.4 is 10.6 Å². The Morgan fingerprint density at radius 3 is 2.90 bits per heavy atom. The third-order valence-corrected chi connectivity index (χ3v) is 5.11. The highest BCUT2D eigenvalue weighted by Gasteiger charge is 2.23. The van der Waals surface area contributed by atoms with E-state index in [0.717, 1.165) is 18.3 Å². The lowest BCUT2D eigenvalue weighted by molar-refractivity contribution is 0.178. The van der Waals surface area contributed by atoms with Crippen molar-refractivity contribution in [2.45, 2.75) is 45.1 Å². The number of fused-ring (bicyclic) bond motifs is 1. The minimum absolute atomic E-state index is 0.774. The van der Waals surface area contributed by atoms with E-state index in [1.807, 2.05) is 0 Å². The topological polar surface area (TPSA) is 32.5 Å². The van der Waals surface area contributed by atoms with Crippen LogP contribution in [-0.4, -0.2) is 37.6 Å². The number of hydrogen-bond acceptors (Lipinski definition) is 3. The lowest BCUT2D eigenvalue weighted by Crippen LogP contribution is -2.38. The lowest BCUT2D eigenvalue weighted by atomic mass is 10.00. The van der Waals surface area contributed by atoms with Gasteiger partial charge in [-0.1, -0.05) is 12.5 Å². The first kappa shape index (κ1) is 13.7. The fourth-order valence-corrected chi connectivity index (χ4v) is 3.69. The summed E-state index contributed by atoms with van der Waals surface area (Å²) in [6.07, 6.45) is 6.60. The maximum absolute atomic E-state index is 6.08. The summed E-state index contributed by atoms with van der Waals surface area (Å²) in [7, 11) is 2.28. The van der Waals surface area contributed by atoms with E-state index in [0.29, 0.717) is 0 Å². The molecule has 0 aliphatic carbocycles. The van der Waals surface area contributed by atoms with Crippen LogP contribution in [0.15, 0.2) is 12.1 Å². The van der Waals surface area contributed by atoms with Crippen LogP contribution >= 0.6 is 0 Å². The molecule has 2 N–H and O–H groups in total. The van der Waals surface area contributed by atoms with Gasteiger partial charge in [-0.2, -0.15) is 0 Å². The monoisotopic (exact) mass is 273 g/mol. The molecule has 0 amide bonds. The highest BCUT2D eigenvalue weighted by molar-refractivity contribution is 5.67. The quantitative estimate of drug-likeness (QED) is 0.860. The van der Waals surface area contributed by atoms with Crippen LogP contribution in [0.3, 0.4) is 0 Å². The lowest BCUT2D eigenvalue weighted by Gasteiger charge is -2.34. The van der Waals surface area contributed by atoms with Crippen molar-refractivity contribution in [3.05, 3.63) is 23.3 Å². The Hall–Kier alpha value is -1.22. The summed E-state index contributed by atoms with van der Waals surface area (Å²) in [6, 6.07) is 5.23. The van der Waals surface area contributed by atoms with E-state index in [2.05, 4.69) is 35.9 Å². The van der Waals surface area contributed by atoms with Gasteiger partial charge < -0.3 is 15.5 Å². The third kappa shape index (κ3) is 2.64. The van der Waals surface area contributed by atoms with Crippen LogP contribution in [-0.2, 0) is 6.42 Å². The maximum Gasteiger partial charge on any atom is 0.0420 e. The van der Waals surface area contributed by atoms with Crippen molar-refractivity contribution in [1.82, 2.24) is 4.90 Å². The number of anilines is 2. The standard InChI is InChI=1S/C17H27N3/c1-13-11-14-6-9-20(17(14)12-16(13)18)10-7-15-5-3-4-8-19(15)2/h11-12,15H,3-10,18H2,1-2H3. The number of aryl methyl sites for hydroxylation is 1. The number of piperidine rings is 1. The second-order valence-electron chi connectivity index (χ2n) is 6.49. The molecule has 2 aliphatic rings. The molecule has 110 valence electrons. The zero-order valence-electron chi connectivity index (χ0n) is 12.9. The first-order valence-electron chi connectivity index (χ1n) is 7.99. The van der Waals surface area contributed by atoms with E-state index in [4.69, 9.17) is 5.73 Å². The molecule has 0 bridgehead atoms. The number of likely N-dealkylation sites (tertiary alicyclic amines) is 1. The Morgan fingerprint density at radius 2 is 2.10 bits per heavy atom. The van der Waals surface area contributed by atoms with Crippen molar-refractivity contribution in [3.8, 4) is 0 Å². The summed E-state index contributed by atoms with van der Waals surface area (Å²) >= 11 is 0. The first-order chi connectivity index (χ1) is 9.65. The SMILES string of the molecule is Cc1cc2c(cc1N)N(CCC1CCCCN1C)CC2. The summed E-state index contributed by atoms with van der Waals surface area (Å²) in [6.45, 7) is 5.71.